The number of rotatable bonds is 3. The molecule has 3 rings (SSSR count). The van der Waals surface area contributed by atoms with Crippen LogP contribution in [0.15, 0.2) is 18.2 Å². The highest BCUT2D eigenvalue weighted by atomic mass is 16.5. The first-order valence-corrected chi connectivity index (χ1v) is 7.51. The molecule has 0 aromatic heterocycles. The molecule has 3 heteroatoms. The van der Waals surface area contributed by atoms with Gasteiger partial charge < -0.3 is 15.0 Å². The average molecular weight is 260 g/mol. The van der Waals surface area contributed by atoms with Gasteiger partial charge in [0.25, 0.3) is 0 Å². The van der Waals surface area contributed by atoms with Crippen molar-refractivity contribution in [2.45, 2.75) is 32.2 Å². The summed E-state index contributed by atoms with van der Waals surface area (Å²) in [5.74, 6) is 1.09. The van der Waals surface area contributed by atoms with E-state index in [1.54, 1.807) is 0 Å². The van der Waals surface area contributed by atoms with Gasteiger partial charge in [0, 0.05) is 25.6 Å². The fourth-order valence-electron chi connectivity index (χ4n) is 3.08. The minimum atomic E-state index is 0.621. The third-order valence-corrected chi connectivity index (χ3v) is 4.15. The number of nitrogens with one attached hydrogen (secondary N) is 1. The summed E-state index contributed by atoms with van der Waals surface area (Å²) in [5.41, 5.74) is 2.84. The van der Waals surface area contributed by atoms with Crippen molar-refractivity contribution in [3.05, 3.63) is 29.3 Å². The minimum Gasteiger partial charge on any atom is -0.493 e. The first-order chi connectivity index (χ1) is 9.31. The van der Waals surface area contributed by atoms with Crippen molar-refractivity contribution in [2.75, 3.05) is 32.8 Å². The Morgan fingerprint density at radius 3 is 3.32 bits per heavy atom. The van der Waals surface area contributed by atoms with Crippen LogP contribution < -0.4 is 10.1 Å². The van der Waals surface area contributed by atoms with E-state index in [1.807, 2.05) is 0 Å². The minimum absolute atomic E-state index is 0.621. The Hall–Kier alpha value is -1.06. The van der Waals surface area contributed by atoms with Gasteiger partial charge in [-0.1, -0.05) is 12.1 Å². The second-order valence-electron chi connectivity index (χ2n) is 5.80. The Balaban J connectivity index is 1.56. The summed E-state index contributed by atoms with van der Waals surface area (Å²) in [4.78, 5) is 2.59. The van der Waals surface area contributed by atoms with E-state index in [0.29, 0.717) is 6.04 Å². The van der Waals surface area contributed by atoms with Crippen molar-refractivity contribution < 1.29 is 4.74 Å². The molecule has 1 N–H and O–H groups in total. The molecule has 0 saturated carbocycles. The van der Waals surface area contributed by atoms with Crippen molar-refractivity contribution in [1.82, 2.24) is 10.2 Å². The van der Waals surface area contributed by atoms with Crippen LogP contribution in [0.5, 0.6) is 5.75 Å². The van der Waals surface area contributed by atoms with Crippen LogP contribution in [0.4, 0.5) is 0 Å². The van der Waals surface area contributed by atoms with Crippen LogP contribution in [0, 0.1) is 0 Å². The fourth-order valence-corrected chi connectivity index (χ4v) is 3.08. The van der Waals surface area contributed by atoms with Crippen LogP contribution in [0.2, 0.25) is 0 Å². The van der Waals surface area contributed by atoms with E-state index in [9.17, 15) is 0 Å². The van der Waals surface area contributed by atoms with Crippen LogP contribution in [0.1, 0.15) is 24.5 Å². The number of nitrogens with zero attached hydrogens (tertiary/aromatic N) is 1. The number of fused-ring (bicyclic) bond motifs is 1. The van der Waals surface area contributed by atoms with E-state index >= 15 is 0 Å². The predicted octanol–water partition coefficient (Wildman–Crippen LogP) is 1.85. The molecule has 1 aromatic carbocycles. The quantitative estimate of drug-likeness (QED) is 0.897. The molecule has 1 atom stereocenters. The summed E-state index contributed by atoms with van der Waals surface area (Å²) in [5, 5.41) is 3.55. The molecular weight excluding hydrogens is 236 g/mol. The van der Waals surface area contributed by atoms with Crippen LogP contribution >= 0.6 is 0 Å². The molecule has 0 bridgehead atoms. The van der Waals surface area contributed by atoms with Crippen molar-refractivity contribution in [3.8, 4) is 5.75 Å². The molecule has 1 unspecified atom stereocenters. The molecule has 0 radical (unpaired) electrons. The average Bonchev–Trinajstić information content (AvgIpc) is 2.78. The Kier molecular flexibility index (Phi) is 4.04. The molecular formula is C16H24N2O. The Labute approximate surface area is 115 Å². The van der Waals surface area contributed by atoms with Gasteiger partial charge in [0.1, 0.15) is 5.75 Å². The monoisotopic (exact) mass is 260 g/mol. The number of hydrogen-bond acceptors (Lipinski definition) is 3. The molecule has 19 heavy (non-hydrogen) atoms. The molecule has 104 valence electrons. The highest BCUT2D eigenvalue weighted by Crippen LogP contribution is 2.26. The molecule has 0 amide bonds. The van der Waals surface area contributed by atoms with E-state index in [2.05, 4.69) is 35.3 Å². The maximum atomic E-state index is 5.56. The van der Waals surface area contributed by atoms with Gasteiger partial charge in [-0.15, -0.1) is 0 Å². The lowest BCUT2D eigenvalue weighted by atomic mass is 10.1. The summed E-state index contributed by atoms with van der Waals surface area (Å²) in [7, 11) is 0. The maximum Gasteiger partial charge on any atom is 0.122 e. The van der Waals surface area contributed by atoms with Crippen LogP contribution in [-0.4, -0.2) is 43.7 Å². The molecule has 1 aromatic rings. The number of ether oxygens (including phenoxy) is 1. The third-order valence-electron chi connectivity index (χ3n) is 4.15. The van der Waals surface area contributed by atoms with E-state index in [1.165, 1.54) is 37.2 Å². The first-order valence-electron chi connectivity index (χ1n) is 7.51. The maximum absolute atomic E-state index is 5.56. The highest BCUT2D eigenvalue weighted by Gasteiger charge is 2.15. The smallest absolute Gasteiger partial charge is 0.122 e. The fraction of sp³-hybridized carbons (Fsp3) is 0.625. The van der Waals surface area contributed by atoms with Crippen LogP contribution in [-0.2, 0) is 12.8 Å². The summed E-state index contributed by atoms with van der Waals surface area (Å²) in [6.07, 6.45) is 3.50. The molecule has 0 spiro atoms. The molecule has 3 nitrogen and oxygen atoms in total. The van der Waals surface area contributed by atoms with Gasteiger partial charge in [-0.25, -0.2) is 0 Å². The highest BCUT2D eigenvalue weighted by molar-refractivity contribution is 5.39. The van der Waals surface area contributed by atoms with E-state index in [4.69, 9.17) is 4.74 Å². The lowest BCUT2D eigenvalue weighted by Crippen LogP contribution is -2.36. The normalized spacial score (nSPS) is 23.7. The zero-order chi connectivity index (χ0) is 13.1. The topological polar surface area (TPSA) is 24.5 Å². The summed E-state index contributed by atoms with van der Waals surface area (Å²) >= 11 is 0. The number of hydrogen-bond donors (Lipinski definition) is 1. The SMILES string of the molecule is CC1CN(CCc2ccc3c(c2)CCO3)CCCN1. The third kappa shape index (κ3) is 3.28. The Morgan fingerprint density at radius 1 is 1.42 bits per heavy atom. The van der Waals surface area contributed by atoms with Gasteiger partial charge >= 0.3 is 0 Å². The van der Waals surface area contributed by atoms with E-state index in [0.717, 1.165) is 31.7 Å². The standard InChI is InChI=1S/C16H24N2O/c1-13-12-18(8-2-7-17-13)9-5-14-3-4-16-15(11-14)6-10-19-16/h3-4,11,13,17H,2,5-10,12H2,1H3. The zero-order valence-electron chi connectivity index (χ0n) is 11.8. The second kappa shape index (κ2) is 5.93. The van der Waals surface area contributed by atoms with Crippen LogP contribution in [0.25, 0.3) is 0 Å². The van der Waals surface area contributed by atoms with Crippen LogP contribution in [0.3, 0.4) is 0 Å². The summed E-state index contributed by atoms with van der Waals surface area (Å²) < 4.78 is 5.56. The van der Waals surface area contributed by atoms with Gasteiger partial charge in [-0.2, -0.15) is 0 Å². The zero-order valence-corrected chi connectivity index (χ0v) is 11.8. The van der Waals surface area contributed by atoms with Gasteiger partial charge in [-0.05, 0) is 50.0 Å². The first kappa shape index (κ1) is 12.9. The Bertz CT molecular complexity index is 433. The summed E-state index contributed by atoms with van der Waals surface area (Å²) in [6, 6.07) is 7.33. The lowest BCUT2D eigenvalue weighted by Gasteiger charge is -2.22. The van der Waals surface area contributed by atoms with Crippen molar-refractivity contribution in [2.24, 2.45) is 0 Å². The van der Waals surface area contributed by atoms with E-state index < -0.39 is 0 Å². The van der Waals surface area contributed by atoms with Crippen molar-refractivity contribution in [1.29, 1.82) is 0 Å². The van der Waals surface area contributed by atoms with Gasteiger partial charge in [0.15, 0.2) is 0 Å². The number of benzene rings is 1. The molecule has 1 fully saturated rings. The van der Waals surface area contributed by atoms with Gasteiger partial charge in [-0.3, -0.25) is 0 Å². The molecule has 2 heterocycles. The molecule has 2 aliphatic heterocycles. The van der Waals surface area contributed by atoms with Gasteiger partial charge in [0.2, 0.25) is 0 Å². The molecule has 2 aliphatic rings. The largest absolute Gasteiger partial charge is 0.493 e. The van der Waals surface area contributed by atoms with Crippen molar-refractivity contribution in [3.63, 3.8) is 0 Å². The molecule has 1 saturated heterocycles. The molecule has 0 aliphatic carbocycles. The van der Waals surface area contributed by atoms with Gasteiger partial charge in [0.05, 0.1) is 6.61 Å². The van der Waals surface area contributed by atoms with E-state index in [-0.39, 0.29) is 0 Å². The Morgan fingerprint density at radius 2 is 2.37 bits per heavy atom. The lowest BCUT2D eigenvalue weighted by molar-refractivity contribution is 0.276. The second-order valence-corrected chi connectivity index (χ2v) is 5.80. The van der Waals surface area contributed by atoms with Crippen molar-refractivity contribution >= 4 is 0 Å². The summed E-state index contributed by atoms with van der Waals surface area (Å²) in [6.45, 7) is 7.87. The predicted molar refractivity (Wildman–Crippen MR) is 77.9 cm³/mol.